The van der Waals surface area contributed by atoms with Crippen LogP contribution in [0.3, 0.4) is 0 Å². The zero-order valence-corrected chi connectivity index (χ0v) is 13.2. The molecule has 1 fully saturated rings. The molecule has 120 valence electrons. The highest BCUT2D eigenvalue weighted by molar-refractivity contribution is 5.93. The number of ether oxygens (including phenoxy) is 1. The lowest BCUT2D eigenvalue weighted by Crippen LogP contribution is -2.37. The molecule has 1 atom stereocenters. The summed E-state index contributed by atoms with van der Waals surface area (Å²) >= 11 is 0. The van der Waals surface area contributed by atoms with Gasteiger partial charge in [0.05, 0.1) is 18.8 Å². The molecule has 0 saturated carbocycles. The standard InChI is InChI=1S/C18H21N3O2/c1-13(21-6-8-23-9-7-21)14-2-4-15(5-3-14)16-10-17(18(19)22)12-20-11-16/h2-5,10-13H,6-9H2,1H3,(H2,19,22)/t13-/m1/s1. The first-order valence-corrected chi connectivity index (χ1v) is 7.82. The van der Waals surface area contributed by atoms with Gasteiger partial charge in [-0.3, -0.25) is 14.7 Å². The molecule has 1 saturated heterocycles. The van der Waals surface area contributed by atoms with Crippen molar-refractivity contribution < 1.29 is 9.53 Å². The van der Waals surface area contributed by atoms with Gasteiger partial charge in [0.15, 0.2) is 0 Å². The third kappa shape index (κ3) is 3.57. The van der Waals surface area contributed by atoms with Crippen LogP contribution in [0.2, 0.25) is 0 Å². The predicted octanol–water partition coefficient (Wildman–Crippen LogP) is 2.24. The average Bonchev–Trinajstić information content (AvgIpc) is 2.62. The summed E-state index contributed by atoms with van der Waals surface area (Å²) in [5.41, 5.74) is 8.93. The Morgan fingerprint density at radius 3 is 2.52 bits per heavy atom. The van der Waals surface area contributed by atoms with Crippen molar-refractivity contribution in [3.63, 3.8) is 0 Å². The van der Waals surface area contributed by atoms with Gasteiger partial charge in [-0.15, -0.1) is 0 Å². The van der Waals surface area contributed by atoms with E-state index < -0.39 is 5.91 Å². The monoisotopic (exact) mass is 311 g/mol. The molecule has 0 bridgehead atoms. The molecule has 0 unspecified atom stereocenters. The molecule has 1 aromatic heterocycles. The Morgan fingerprint density at radius 1 is 1.17 bits per heavy atom. The van der Waals surface area contributed by atoms with Crippen molar-refractivity contribution in [1.82, 2.24) is 9.88 Å². The number of rotatable bonds is 4. The number of primary amides is 1. The van der Waals surface area contributed by atoms with Crippen molar-refractivity contribution in [1.29, 1.82) is 0 Å². The van der Waals surface area contributed by atoms with Crippen molar-refractivity contribution in [2.75, 3.05) is 26.3 Å². The fraction of sp³-hybridized carbons (Fsp3) is 0.333. The molecule has 2 N–H and O–H groups in total. The normalized spacial score (nSPS) is 16.9. The van der Waals surface area contributed by atoms with Gasteiger partial charge in [-0.25, -0.2) is 0 Å². The number of carbonyl (C=O) groups is 1. The number of carbonyl (C=O) groups excluding carboxylic acids is 1. The summed E-state index contributed by atoms with van der Waals surface area (Å²) in [6, 6.07) is 10.5. The zero-order valence-electron chi connectivity index (χ0n) is 13.2. The molecule has 1 aliphatic rings. The molecule has 0 radical (unpaired) electrons. The van der Waals surface area contributed by atoms with E-state index in [-0.39, 0.29) is 0 Å². The molecule has 2 aromatic rings. The van der Waals surface area contributed by atoms with Crippen LogP contribution < -0.4 is 5.73 Å². The lowest BCUT2D eigenvalue weighted by Gasteiger charge is -2.32. The summed E-state index contributed by atoms with van der Waals surface area (Å²) in [7, 11) is 0. The summed E-state index contributed by atoms with van der Waals surface area (Å²) in [4.78, 5) is 17.8. The lowest BCUT2D eigenvalue weighted by molar-refractivity contribution is 0.0198. The van der Waals surface area contributed by atoms with E-state index in [1.54, 1.807) is 12.3 Å². The Bertz CT molecular complexity index is 679. The minimum absolute atomic E-state index is 0.364. The molecule has 0 spiro atoms. The van der Waals surface area contributed by atoms with E-state index in [1.165, 1.54) is 11.8 Å². The quantitative estimate of drug-likeness (QED) is 0.940. The largest absolute Gasteiger partial charge is 0.379 e. The summed E-state index contributed by atoms with van der Waals surface area (Å²) < 4.78 is 5.41. The van der Waals surface area contributed by atoms with E-state index in [0.717, 1.165) is 37.4 Å². The number of hydrogen-bond acceptors (Lipinski definition) is 4. The molecule has 1 amide bonds. The maximum absolute atomic E-state index is 11.3. The fourth-order valence-corrected chi connectivity index (χ4v) is 2.86. The van der Waals surface area contributed by atoms with Crippen LogP contribution in [0.4, 0.5) is 0 Å². The Hall–Kier alpha value is -2.24. The molecular weight excluding hydrogens is 290 g/mol. The number of hydrogen-bond donors (Lipinski definition) is 1. The Balaban J connectivity index is 1.79. The van der Waals surface area contributed by atoms with Crippen molar-refractivity contribution >= 4 is 5.91 Å². The van der Waals surface area contributed by atoms with Gasteiger partial charge in [0.2, 0.25) is 5.91 Å². The number of aromatic nitrogens is 1. The van der Waals surface area contributed by atoms with E-state index in [0.29, 0.717) is 11.6 Å². The number of nitrogens with two attached hydrogens (primary N) is 1. The molecule has 3 rings (SSSR count). The minimum atomic E-state index is -0.461. The lowest BCUT2D eigenvalue weighted by atomic mass is 10.0. The highest BCUT2D eigenvalue weighted by atomic mass is 16.5. The van der Waals surface area contributed by atoms with Crippen LogP contribution in [0.1, 0.15) is 28.9 Å². The van der Waals surface area contributed by atoms with Gasteiger partial charge in [-0.1, -0.05) is 24.3 Å². The summed E-state index contributed by atoms with van der Waals surface area (Å²) in [6.45, 7) is 5.75. The first-order chi connectivity index (χ1) is 11.1. The summed E-state index contributed by atoms with van der Waals surface area (Å²) in [6.07, 6.45) is 3.23. The molecule has 1 aromatic carbocycles. The van der Waals surface area contributed by atoms with Gasteiger partial charge < -0.3 is 10.5 Å². The smallest absolute Gasteiger partial charge is 0.250 e. The van der Waals surface area contributed by atoms with Gasteiger partial charge in [-0.05, 0) is 24.1 Å². The van der Waals surface area contributed by atoms with Gasteiger partial charge in [0, 0.05) is 37.1 Å². The SMILES string of the molecule is C[C@H](c1ccc(-c2cncc(C(N)=O)c2)cc1)N1CCOCC1. The molecule has 5 nitrogen and oxygen atoms in total. The Morgan fingerprint density at radius 2 is 1.87 bits per heavy atom. The van der Waals surface area contributed by atoms with E-state index in [9.17, 15) is 4.79 Å². The van der Waals surface area contributed by atoms with Crippen molar-refractivity contribution in [3.8, 4) is 11.1 Å². The van der Waals surface area contributed by atoms with Crippen LogP contribution in [0.15, 0.2) is 42.7 Å². The number of amides is 1. The predicted molar refractivity (Wildman–Crippen MR) is 89.0 cm³/mol. The molecule has 2 heterocycles. The summed E-state index contributed by atoms with van der Waals surface area (Å²) in [5.74, 6) is -0.461. The second-order valence-corrected chi connectivity index (χ2v) is 5.77. The minimum Gasteiger partial charge on any atom is -0.379 e. The van der Waals surface area contributed by atoms with Crippen LogP contribution >= 0.6 is 0 Å². The Labute approximate surface area is 136 Å². The molecule has 1 aliphatic heterocycles. The maximum Gasteiger partial charge on any atom is 0.250 e. The summed E-state index contributed by atoms with van der Waals surface area (Å²) in [5, 5.41) is 0. The first kappa shape index (κ1) is 15.6. The first-order valence-electron chi connectivity index (χ1n) is 7.82. The van der Waals surface area contributed by atoms with Crippen molar-refractivity contribution in [2.24, 2.45) is 5.73 Å². The molecule has 23 heavy (non-hydrogen) atoms. The van der Waals surface area contributed by atoms with Crippen molar-refractivity contribution in [2.45, 2.75) is 13.0 Å². The van der Waals surface area contributed by atoms with Crippen LogP contribution in [0, 0.1) is 0 Å². The molecular formula is C18H21N3O2. The van der Waals surface area contributed by atoms with Gasteiger partial charge >= 0.3 is 0 Å². The van der Waals surface area contributed by atoms with Gasteiger partial charge in [0.25, 0.3) is 0 Å². The number of benzene rings is 1. The number of nitrogens with zero attached hydrogens (tertiary/aromatic N) is 2. The van der Waals surface area contributed by atoms with Crippen LogP contribution in [-0.2, 0) is 4.74 Å². The maximum atomic E-state index is 11.3. The third-order valence-corrected chi connectivity index (χ3v) is 4.34. The van der Waals surface area contributed by atoms with Crippen molar-refractivity contribution in [3.05, 3.63) is 53.9 Å². The van der Waals surface area contributed by atoms with Crippen LogP contribution in [0.25, 0.3) is 11.1 Å². The second kappa shape index (κ2) is 6.89. The molecule has 5 heteroatoms. The highest BCUT2D eigenvalue weighted by Crippen LogP contribution is 2.25. The third-order valence-electron chi connectivity index (χ3n) is 4.34. The van der Waals surface area contributed by atoms with E-state index in [4.69, 9.17) is 10.5 Å². The zero-order chi connectivity index (χ0) is 16.2. The van der Waals surface area contributed by atoms with E-state index >= 15 is 0 Å². The second-order valence-electron chi connectivity index (χ2n) is 5.77. The average molecular weight is 311 g/mol. The number of pyridine rings is 1. The highest BCUT2D eigenvalue weighted by Gasteiger charge is 2.18. The van der Waals surface area contributed by atoms with Crippen LogP contribution in [-0.4, -0.2) is 42.1 Å². The Kier molecular flexibility index (Phi) is 4.69. The fourth-order valence-electron chi connectivity index (χ4n) is 2.86. The van der Waals surface area contributed by atoms with E-state index in [2.05, 4.69) is 41.1 Å². The van der Waals surface area contributed by atoms with Gasteiger partial charge in [-0.2, -0.15) is 0 Å². The van der Waals surface area contributed by atoms with Crippen LogP contribution in [0.5, 0.6) is 0 Å². The number of morpholine rings is 1. The van der Waals surface area contributed by atoms with E-state index in [1.807, 2.05) is 0 Å². The van der Waals surface area contributed by atoms with Gasteiger partial charge in [0.1, 0.15) is 0 Å². The topological polar surface area (TPSA) is 68.5 Å². The molecule has 0 aliphatic carbocycles.